The van der Waals surface area contributed by atoms with Crippen LogP contribution < -0.4 is 10.5 Å². The van der Waals surface area contributed by atoms with Gasteiger partial charge in [0.05, 0.1) is 7.11 Å². The van der Waals surface area contributed by atoms with Crippen molar-refractivity contribution in [2.45, 2.75) is 38.3 Å². The van der Waals surface area contributed by atoms with Crippen molar-refractivity contribution in [3.05, 3.63) is 29.8 Å². The van der Waals surface area contributed by atoms with E-state index >= 15 is 0 Å². The fraction of sp³-hybridized carbons (Fsp3) is 0.562. The maximum Gasteiger partial charge on any atom is 0.225 e. The lowest BCUT2D eigenvalue weighted by atomic mass is 9.85. The molecule has 20 heavy (non-hydrogen) atoms. The first-order valence-electron chi connectivity index (χ1n) is 7.24. The summed E-state index contributed by atoms with van der Waals surface area (Å²) in [6.07, 6.45) is 3.74. The number of nitrogens with two attached hydrogens (primary N) is 1. The summed E-state index contributed by atoms with van der Waals surface area (Å²) in [6, 6.07) is 8.10. The molecule has 2 rings (SSSR count). The van der Waals surface area contributed by atoms with Crippen LogP contribution in [-0.4, -0.2) is 31.0 Å². The quantitative estimate of drug-likeness (QED) is 0.917. The predicted octanol–water partition coefficient (Wildman–Crippen LogP) is 2.17. The van der Waals surface area contributed by atoms with Crippen molar-refractivity contribution in [3.63, 3.8) is 0 Å². The molecule has 0 aliphatic heterocycles. The van der Waals surface area contributed by atoms with E-state index in [4.69, 9.17) is 10.5 Å². The van der Waals surface area contributed by atoms with Crippen LogP contribution in [0.3, 0.4) is 0 Å². The van der Waals surface area contributed by atoms with Crippen LogP contribution in [0.1, 0.15) is 31.2 Å². The second-order valence-corrected chi connectivity index (χ2v) is 5.62. The van der Waals surface area contributed by atoms with Crippen LogP contribution in [-0.2, 0) is 11.3 Å². The first-order valence-corrected chi connectivity index (χ1v) is 7.24. The van der Waals surface area contributed by atoms with Gasteiger partial charge in [-0.2, -0.15) is 0 Å². The summed E-state index contributed by atoms with van der Waals surface area (Å²) in [5, 5.41) is 0. The molecule has 1 amide bonds. The highest BCUT2D eigenvalue weighted by molar-refractivity contribution is 5.78. The van der Waals surface area contributed by atoms with Gasteiger partial charge in [0.15, 0.2) is 0 Å². The predicted molar refractivity (Wildman–Crippen MR) is 79.4 cm³/mol. The molecule has 0 aromatic heterocycles. The molecule has 0 radical (unpaired) electrons. The second kappa shape index (κ2) is 6.75. The number of rotatable bonds is 4. The van der Waals surface area contributed by atoms with E-state index in [2.05, 4.69) is 0 Å². The number of benzene rings is 1. The molecule has 0 unspecified atom stereocenters. The Labute approximate surface area is 120 Å². The molecule has 1 aliphatic carbocycles. The Morgan fingerprint density at radius 1 is 1.30 bits per heavy atom. The molecule has 1 aromatic rings. The van der Waals surface area contributed by atoms with Gasteiger partial charge in [-0.15, -0.1) is 0 Å². The monoisotopic (exact) mass is 276 g/mol. The Morgan fingerprint density at radius 2 is 1.95 bits per heavy atom. The maximum absolute atomic E-state index is 12.5. The van der Waals surface area contributed by atoms with Gasteiger partial charge in [0.2, 0.25) is 5.91 Å². The molecule has 0 bridgehead atoms. The van der Waals surface area contributed by atoms with E-state index in [0.29, 0.717) is 6.54 Å². The Hall–Kier alpha value is -1.55. The van der Waals surface area contributed by atoms with Crippen LogP contribution >= 0.6 is 0 Å². The Kier molecular flexibility index (Phi) is 5.01. The number of ether oxygens (including phenoxy) is 1. The average molecular weight is 276 g/mol. The summed E-state index contributed by atoms with van der Waals surface area (Å²) in [5.41, 5.74) is 6.93. The van der Waals surface area contributed by atoms with Crippen molar-refractivity contribution in [2.75, 3.05) is 14.2 Å². The minimum absolute atomic E-state index is 0.134. The molecule has 0 saturated heterocycles. The molecule has 4 nitrogen and oxygen atoms in total. The molecule has 1 aliphatic rings. The third-order valence-electron chi connectivity index (χ3n) is 4.10. The highest BCUT2D eigenvalue weighted by atomic mass is 16.5. The second-order valence-electron chi connectivity index (χ2n) is 5.62. The van der Waals surface area contributed by atoms with E-state index in [1.807, 2.05) is 31.3 Å². The largest absolute Gasteiger partial charge is 0.496 e. The van der Waals surface area contributed by atoms with E-state index in [9.17, 15) is 4.79 Å². The van der Waals surface area contributed by atoms with E-state index in [-0.39, 0.29) is 17.9 Å². The van der Waals surface area contributed by atoms with Gasteiger partial charge in [-0.3, -0.25) is 4.79 Å². The summed E-state index contributed by atoms with van der Waals surface area (Å²) in [6.45, 7) is 0.589. The standard InChI is InChI=1S/C16H24N2O2/c1-18(11-13-5-3-4-6-15(13)20-2)16(19)12-7-9-14(17)10-8-12/h3-6,12,14H,7-11,17H2,1-2H3. The van der Waals surface area contributed by atoms with Gasteiger partial charge in [-0.25, -0.2) is 0 Å². The third kappa shape index (κ3) is 3.51. The van der Waals surface area contributed by atoms with Gasteiger partial charge >= 0.3 is 0 Å². The third-order valence-corrected chi connectivity index (χ3v) is 4.10. The van der Waals surface area contributed by atoms with E-state index in [0.717, 1.165) is 37.0 Å². The first kappa shape index (κ1) is 14.9. The lowest BCUT2D eigenvalue weighted by Gasteiger charge is -2.29. The molecule has 1 aromatic carbocycles. The molecular weight excluding hydrogens is 252 g/mol. The first-order chi connectivity index (χ1) is 9.61. The van der Waals surface area contributed by atoms with Crippen molar-refractivity contribution in [1.82, 2.24) is 4.90 Å². The number of hydrogen-bond donors (Lipinski definition) is 1. The fourth-order valence-corrected chi connectivity index (χ4v) is 2.84. The van der Waals surface area contributed by atoms with Crippen molar-refractivity contribution < 1.29 is 9.53 Å². The highest BCUT2D eigenvalue weighted by Crippen LogP contribution is 2.26. The minimum Gasteiger partial charge on any atom is -0.496 e. The van der Waals surface area contributed by atoms with Crippen LogP contribution in [0.4, 0.5) is 0 Å². The van der Waals surface area contributed by atoms with E-state index in [1.54, 1.807) is 12.0 Å². The lowest BCUT2D eigenvalue weighted by Crippen LogP contribution is -2.37. The molecule has 0 heterocycles. The van der Waals surface area contributed by atoms with Crippen molar-refractivity contribution in [3.8, 4) is 5.75 Å². The van der Waals surface area contributed by atoms with Crippen molar-refractivity contribution in [1.29, 1.82) is 0 Å². The van der Waals surface area contributed by atoms with Gasteiger partial charge in [0.25, 0.3) is 0 Å². The SMILES string of the molecule is COc1ccccc1CN(C)C(=O)C1CCC(N)CC1. The lowest BCUT2D eigenvalue weighted by molar-refractivity contribution is -0.135. The zero-order valence-electron chi connectivity index (χ0n) is 12.3. The average Bonchev–Trinajstić information content (AvgIpc) is 2.48. The summed E-state index contributed by atoms with van der Waals surface area (Å²) >= 11 is 0. The molecule has 4 heteroatoms. The van der Waals surface area contributed by atoms with Gasteiger partial charge in [-0.1, -0.05) is 18.2 Å². The van der Waals surface area contributed by atoms with E-state index in [1.165, 1.54) is 0 Å². The van der Waals surface area contributed by atoms with Crippen LogP contribution in [0.15, 0.2) is 24.3 Å². The number of para-hydroxylation sites is 1. The molecule has 2 N–H and O–H groups in total. The van der Waals surface area contributed by atoms with Crippen molar-refractivity contribution >= 4 is 5.91 Å². The van der Waals surface area contributed by atoms with E-state index < -0.39 is 0 Å². The fourth-order valence-electron chi connectivity index (χ4n) is 2.84. The summed E-state index contributed by atoms with van der Waals surface area (Å²) < 4.78 is 5.33. The number of amides is 1. The Bertz CT molecular complexity index is 454. The maximum atomic E-state index is 12.5. The molecule has 1 saturated carbocycles. The minimum atomic E-state index is 0.134. The highest BCUT2D eigenvalue weighted by Gasteiger charge is 2.27. The molecule has 110 valence electrons. The van der Waals surface area contributed by atoms with Crippen LogP contribution in [0.5, 0.6) is 5.75 Å². The molecule has 0 atom stereocenters. The van der Waals surface area contributed by atoms with Gasteiger partial charge in [0, 0.05) is 31.1 Å². The number of methoxy groups -OCH3 is 1. The van der Waals surface area contributed by atoms with Crippen LogP contribution in [0.25, 0.3) is 0 Å². The number of carbonyl (C=O) groups excluding carboxylic acids is 1. The normalized spacial score (nSPS) is 22.4. The van der Waals surface area contributed by atoms with Gasteiger partial charge in [0.1, 0.15) is 5.75 Å². The summed E-state index contributed by atoms with van der Waals surface area (Å²) in [4.78, 5) is 14.3. The van der Waals surface area contributed by atoms with Crippen LogP contribution in [0.2, 0.25) is 0 Å². The molecule has 1 fully saturated rings. The van der Waals surface area contributed by atoms with Gasteiger partial charge < -0.3 is 15.4 Å². The van der Waals surface area contributed by atoms with Crippen LogP contribution in [0, 0.1) is 5.92 Å². The van der Waals surface area contributed by atoms with Crippen molar-refractivity contribution in [2.24, 2.45) is 11.7 Å². The number of carbonyl (C=O) groups is 1. The van der Waals surface area contributed by atoms with Gasteiger partial charge in [-0.05, 0) is 31.7 Å². The number of hydrogen-bond acceptors (Lipinski definition) is 3. The number of nitrogens with zero attached hydrogens (tertiary/aromatic N) is 1. The summed E-state index contributed by atoms with van der Waals surface area (Å²) in [7, 11) is 3.52. The smallest absolute Gasteiger partial charge is 0.225 e. The zero-order chi connectivity index (χ0) is 14.5. The zero-order valence-corrected chi connectivity index (χ0v) is 12.3. The molecule has 0 spiro atoms. The summed E-state index contributed by atoms with van der Waals surface area (Å²) in [5.74, 6) is 1.19. The molecular formula is C16H24N2O2. The Balaban J connectivity index is 1.97. The topological polar surface area (TPSA) is 55.6 Å². The Morgan fingerprint density at radius 3 is 2.60 bits per heavy atom.